The summed E-state index contributed by atoms with van der Waals surface area (Å²) in [5, 5.41) is 0. The Hall–Kier alpha value is -3.86. The van der Waals surface area contributed by atoms with E-state index in [-0.39, 0.29) is 4.90 Å². The summed E-state index contributed by atoms with van der Waals surface area (Å²) in [6.45, 7) is 25.5. The maximum absolute atomic E-state index is 14.7. The Labute approximate surface area is 320 Å². The molecule has 10 heteroatoms. The number of anilines is 1. The van der Waals surface area contributed by atoms with Crippen molar-refractivity contribution in [3.8, 4) is 23.0 Å². The van der Waals surface area contributed by atoms with Crippen molar-refractivity contribution in [1.82, 2.24) is 0 Å². The van der Waals surface area contributed by atoms with Crippen LogP contribution in [0.2, 0.25) is 0 Å². The second kappa shape index (κ2) is 15.1. The van der Waals surface area contributed by atoms with Crippen LogP contribution in [0, 0.1) is 6.92 Å². The highest BCUT2D eigenvalue weighted by molar-refractivity contribution is 8.33. The minimum absolute atomic E-state index is 0.0441. The molecular formula is C43H59NO7S2. The topological polar surface area (TPSA) is 83.5 Å². The van der Waals surface area contributed by atoms with Crippen LogP contribution in [0.4, 0.5) is 5.69 Å². The molecule has 0 saturated heterocycles. The number of aryl methyl sites for hydroxylation is 1. The molecule has 0 spiro atoms. The van der Waals surface area contributed by atoms with Crippen LogP contribution in [0.5, 0.6) is 23.0 Å². The highest BCUT2D eigenvalue weighted by Crippen LogP contribution is 2.72. The van der Waals surface area contributed by atoms with Crippen LogP contribution < -0.4 is 23.8 Å². The van der Waals surface area contributed by atoms with Gasteiger partial charge >= 0.3 is 10.1 Å². The lowest BCUT2D eigenvalue weighted by Crippen LogP contribution is -2.27. The zero-order valence-corrected chi connectivity index (χ0v) is 35.8. The quantitative estimate of drug-likeness (QED) is 0.149. The van der Waals surface area contributed by atoms with Gasteiger partial charge < -0.3 is 23.8 Å². The normalized spacial score (nSPS) is 13.3. The molecule has 4 rings (SSSR count). The third kappa shape index (κ3) is 11.1. The highest BCUT2D eigenvalue weighted by Gasteiger charge is 2.40. The molecule has 0 atom stereocenters. The first-order valence-electron chi connectivity index (χ1n) is 17.9. The van der Waals surface area contributed by atoms with Crippen molar-refractivity contribution >= 4 is 26.1 Å². The molecule has 0 saturated carbocycles. The number of ether oxygens (including phenoxy) is 4. The van der Waals surface area contributed by atoms with Gasteiger partial charge in [-0.1, -0.05) is 17.7 Å². The molecule has 53 heavy (non-hydrogen) atoms. The molecular weight excluding hydrogens is 707 g/mol. The lowest BCUT2D eigenvalue weighted by Gasteiger charge is -2.40. The lowest BCUT2D eigenvalue weighted by atomic mass is 10.1. The Morgan fingerprint density at radius 2 is 0.792 bits per heavy atom. The third-order valence-electron chi connectivity index (χ3n) is 7.35. The van der Waals surface area contributed by atoms with Crippen LogP contribution in [0.15, 0.2) is 105 Å². The fraction of sp³-hybridized carbons (Fsp3) is 0.442. The van der Waals surface area contributed by atoms with E-state index in [0.717, 1.165) is 11.3 Å². The van der Waals surface area contributed by atoms with Crippen molar-refractivity contribution in [3.63, 3.8) is 0 Å². The number of hydrogen-bond acceptors (Lipinski definition) is 8. The standard InChI is InChI=1S/C43H59NO7S2/c1-30-16-20-33(21-17-30)53(45,46)51-52(32-22-18-31(19-23-32)44(14)15,34-24-26-36(47-40(2,3)4)38(28-34)49-42(8,9)10)35-25-27-37(48-41(5,6)7)39(29-35)50-43(11,12)13/h16-29H,1-15H3. The van der Waals surface area contributed by atoms with Gasteiger partial charge in [-0.25, -0.2) is 3.63 Å². The van der Waals surface area contributed by atoms with Crippen molar-refractivity contribution < 1.29 is 31.0 Å². The summed E-state index contributed by atoms with van der Waals surface area (Å²) in [4.78, 5) is 3.85. The molecule has 0 heterocycles. The van der Waals surface area contributed by atoms with Crippen molar-refractivity contribution in [2.45, 2.75) is 132 Å². The van der Waals surface area contributed by atoms with Gasteiger partial charge in [0.05, 0.1) is 4.90 Å². The molecule has 8 nitrogen and oxygen atoms in total. The van der Waals surface area contributed by atoms with E-state index in [0.29, 0.717) is 37.7 Å². The van der Waals surface area contributed by atoms with Crippen LogP contribution in [0.25, 0.3) is 0 Å². The molecule has 0 fully saturated rings. The molecule has 4 aromatic carbocycles. The van der Waals surface area contributed by atoms with Crippen molar-refractivity contribution in [1.29, 1.82) is 0 Å². The maximum Gasteiger partial charge on any atom is 0.307 e. The number of hydrogen-bond donors (Lipinski definition) is 0. The summed E-state index contributed by atoms with van der Waals surface area (Å²) < 4.78 is 62.1. The van der Waals surface area contributed by atoms with Crippen LogP contribution in [-0.4, -0.2) is 44.9 Å². The van der Waals surface area contributed by atoms with Crippen molar-refractivity contribution in [2.24, 2.45) is 0 Å². The number of rotatable bonds is 11. The predicted molar refractivity (Wildman–Crippen MR) is 217 cm³/mol. The molecule has 0 aliphatic rings. The van der Waals surface area contributed by atoms with Gasteiger partial charge in [-0.15, -0.1) is 0 Å². The fourth-order valence-corrected chi connectivity index (χ4v) is 10.5. The zero-order valence-electron chi connectivity index (χ0n) is 34.2. The highest BCUT2D eigenvalue weighted by atomic mass is 32.3. The van der Waals surface area contributed by atoms with Gasteiger partial charge in [0.1, 0.15) is 22.4 Å². The lowest BCUT2D eigenvalue weighted by molar-refractivity contribution is 0.0953. The van der Waals surface area contributed by atoms with Crippen LogP contribution in [0.1, 0.15) is 88.6 Å². The van der Waals surface area contributed by atoms with Gasteiger partial charge in [0.15, 0.2) is 23.0 Å². The van der Waals surface area contributed by atoms with E-state index >= 15 is 0 Å². The second-order valence-electron chi connectivity index (χ2n) is 17.4. The van der Waals surface area contributed by atoms with E-state index in [1.54, 1.807) is 24.3 Å². The molecule has 0 N–H and O–H groups in total. The van der Waals surface area contributed by atoms with Gasteiger partial charge in [0.25, 0.3) is 0 Å². The second-order valence-corrected chi connectivity index (χ2v) is 21.8. The SMILES string of the molecule is Cc1ccc(S(=O)(=O)OS(c2ccc(N(C)C)cc2)(c2ccc(OC(C)(C)C)c(OC(C)(C)C)c2)c2ccc(OC(C)(C)C)c(OC(C)(C)C)c2)cc1. The first kappa shape index (κ1) is 41.9. The third-order valence-corrected chi connectivity index (χ3v) is 12.5. The molecule has 0 radical (unpaired) electrons. The maximum atomic E-state index is 14.7. The first-order chi connectivity index (χ1) is 24.2. The Morgan fingerprint density at radius 3 is 1.15 bits per heavy atom. The number of nitrogens with zero attached hydrogens (tertiary/aromatic N) is 1. The molecule has 0 aromatic heterocycles. The summed E-state index contributed by atoms with van der Waals surface area (Å²) in [6, 6.07) is 25.6. The largest absolute Gasteiger partial charge is 0.484 e. The van der Waals surface area contributed by atoms with Gasteiger partial charge in [-0.3, -0.25) is 0 Å². The summed E-state index contributed by atoms with van der Waals surface area (Å²) in [5.74, 6) is 1.97. The van der Waals surface area contributed by atoms with Crippen LogP contribution >= 0.6 is 10.3 Å². The molecule has 0 aliphatic carbocycles. The van der Waals surface area contributed by atoms with Gasteiger partial charge in [-0.05, 0) is 173 Å². The molecule has 0 amide bonds. The summed E-state index contributed by atoms with van der Waals surface area (Å²) in [5.41, 5.74) is -0.394. The summed E-state index contributed by atoms with van der Waals surface area (Å²) in [7, 11) is -3.62. The van der Waals surface area contributed by atoms with E-state index in [1.807, 2.05) is 170 Å². The molecule has 0 bridgehead atoms. The Morgan fingerprint density at radius 1 is 0.453 bits per heavy atom. The summed E-state index contributed by atoms with van der Waals surface area (Å²) in [6.07, 6.45) is 0. The van der Waals surface area contributed by atoms with Gasteiger partial charge in [-0.2, -0.15) is 8.42 Å². The Balaban J connectivity index is 2.19. The predicted octanol–water partition coefficient (Wildman–Crippen LogP) is 11.4. The zero-order chi connectivity index (χ0) is 39.8. The fourth-order valence-electron chi connectivity index (χ4n) is 5.32. The van der Waals surface area contributed by atoms with E-state index in [9.17, 15) is 8.42 Å². The molecule has 0 unspecified atom stereocenters. The monoisotopic (exact) mass is 765 g/mol. The molecule has 4 aromatic rings. The Bertz CT molecular complexity index is 1900. The molecule has 0 aliphatic heterocycles. The van der Waals surface area contributed by atoms with E-state index in [1.165, 1.54) is 0 Å². The van der Waals surface area contributed by atoms with Gasteiger partial charge in [0.2, 0.25) is 0 Å². The van der Waals surface area contributed by atoms with Crippen LogP contribution in [-0.2, 0) is 13.7 Å². The first-order valence-corrected chi connectivity index (χ1v) is 20.8. The molecule has 290 valence electrons. The van der Waals surface area contributed by atoms with Crippen molar-refractivity contribution in [3.05, 3.63) is 90.5 Å². The minimum atomic E-state index is -4.40. The number of benzene rings is 4. The minimum Gasteiger partial charge on any atom is -0.484 e. The smallest absolute Gasteiger partial charge is 0.307 e. The average molecular weight is 766 g/mol. The van der Waals surface area contributed by atoms with Crippen LogP contribution in [0.3, 0.4) is 0 Å². The van der Waals surface area contributed by atoms with E-state index < -0.39 is 42.8 Å². The Kier molecular flexibility index (Phi) is 11.9. The van der Waals surface area contributed by atoms with E-state index in [4.69, 9.17) is 22.6 Å². The van der Waals surface area contributed by atoms with Crippen molar-refractivity contribution in [2.75, 3.05) is 19.0 Å². The van der Waals surface area contributed by atoms with E-state index in [2.05, 4.69) is 0 Å². The van der Waals surface area contributed by atoms with Gasteiger partial charge in [0, 0.05) is 34.5 Å². The summed E-state index contributed by atoms with van der Waals surface area (Å²) >= 11 is 0. The average Bonchev–Trinajstić information content (AvgIpc) is 2.99.